The van der Waals surface area contributed by atoms with E-state index in [0.717, 1.165) is 31.4 Å². The first-order valence-corrected chi connectivity index (χ1v) is 12.3. The highest BCUT2D eigenvalue weighted by Crippen LogP contribution is 2.33. The SMILES string of the molecule is CC(C)(N)CC(N)C(C)(C)C(=O)OCCCCCOc1ccc2c(c1)C=C(c1ccccc1)C2. The quantitative estimate of drug-likeness (QED) is 0.326. The van der Waals surface area contributed by atoms with Crippen molar-refractivity contribution in [2.24, 2.45) is 16.9 Å². The number of allylic oxidation sites excluding steroid dienone is 1. The van der Waals surface area contributed by atoms with E-state index in [1.807, 2.05) is 33.8 Å². The Morgan fingerprint density at radius 2 is 1.71 bits per heavy atom. The molecule has 0 amide bonds. The zero-order valence-corrected chi connectivity index (χ0v) is 21.1. The van der Waals surface area contributed by atoms with Gasteiger partial charge in [-0.1, -0.05) is 42.5 Å². The molecule has 3 rings (SSSR count). The number of hydrogen-bond acceptors (Lipinski definition) is 5. The van der Waals surface area contributed by atoms with Crippen molar-refractivity contribution in [3.8, 4) is 5.75 Å². The number of carbonyl (C=O) groups excluding carboxylic acids is 1. The second-order valence-electron chi connectivity index (χ2n) is 10.6. The van der Waals surface area contributed by atoms with Gasteiger partial charge >= 0.3 is 5.97 Å². The molecule has 5 nitrogen and oxygen atoms in total. The van der Waals surface area contributed by atoms with Crippen molar-refractivity contribution in [3.63, 3.8) is 0 Å². The highest BCUT2D eigenvalue weighted by Gasteiger charge is 2.38. The van der Waals surface area contributed by atoms with E-state index in [0.29, 0.717) is 19.6 Å². The number of fused-ring (bicyclic) bond motifs is 1. The van der Waals surface area contributed by atoms with Gasteiger partial charge < -0.3 is 20.9 Å². The van der Waals surface area contributed by atoms with Gasteiger partial charge in [0.2, 0.25) is 0 Å². The van der Waals surface area contributed by atoms with Gasteiger partial charge in [-0.15, -0.1) is 0 Å². The molecule has 1 aliphatic rings. The fraction of sp³-hybridized carbons (Fsp3) is 0.483. The lowest BCUT2D eigenvalue weighted by Crippen LogP contribution is -2.50. The van der Waals surface area contributed by atoms with Crippen LogP contribution in [0.25, 0.3) is 11.6 Å². The molecule has 1 aliphatic carbocycles. The predicted octanol–water partition coefficient (Wildman–Crippen LogP) is 5.36. The fourth-order valence-corrected chi connectivity index (χ4v) is 4.13. The van der Waals surface area contributed by atoms with E-state index in [-0.39, 0.29) is 12.0 Å². The maximum Gasteiger partial charge on any atom is 0.313 e. The van der Waals surface area contributed by atoms with Crippen LogP contribution in [-0.2, 0) is 16.0 Å². The Morgan fingerprint density at radius 1 is 1.00 bits per heavy atom. The van der Waals surface area contributed by atoms with Gasteiger partial charge in [-0.2, -0.15) is 0 Å². The molecule has 2 aromatic rings. The lowest BCUT2D eigenvalue weighted by Gasteiger charge is -2.33. The molecule has 0 radical (unpaired) electrons. The second-order valence-corrected chi connectivity index (χ2v) is 10.6. The maximum absolute atomic E-state index is 12.5. The lowest BCUT2D eigenvalue weighted by molar-refractivity contribution is -0.155. The van der Waals surface area contributed by atoms with Gasteiger partial charge in [-0.05, 0) is 94.2 Å². The highest BCUT2D eigenvalue weighted by atomic mass is 16.5. The van der Waals surface area contributed by atoms with Crippen LogP contribution in [0.2, 0.25) is 0 Å². The first-order valence-electron chi connectivity index (χ1n) is 12.3. The van der Waals surface area contributed by atoms with E-state index in [1.54, 1.807) is 0 Å². The minimum Gasteiger partial charge on any atom is -0.494 e. The third-order valence-electron chi connectivity index (χ3n) is 6.46. The molecule has 1 unspecified atom stereocenters. The largest absolute Gasteiger partial charge is 0.494 e. The molecule has 0 bridgehead atoms. The Bertz CT molecular complexity index is 990. The fourth-order valence-electron chi connectivity index (χ4n) is 4.13. The third kappa shape index (κ3) is 7.18. The highest BCUT2D eigenvalue weighted by molar-refractivity contribution is 5.88. The van der Waals surface area contributed by atoms with E-state index in [1.165, 1.54) is 22.3 Å². The number of ether oxygens (including phenoxy) is 2. The Kier molecular flexibility index (Phi) is 8.56. The monoisotopic (exact) mass is 464 g/mol. The van der Waals surface area contributed by atoms with Gasteiger partial charge in [0, 0.05) is 11.6 Å². The summed E-state index contributed by atoms with van der Waals surface area (Å²) in [6.45, 7) is 8.52. The predicted molar refractivity (Wildman–Crippen MR) is 139 cm³/mol. The summed E-state index contributed by atoms with van der Waals surface area (Å²) in [5.74, 6) is 0.635. The normalized spacial score (nSPS) is 14.4. The van der Waals surface area contributed by atoms with Crippen LogP contribution >= 0.6 is 0 Å². The van der Waals surface area contributed by atoms with Gasteiger partial charge in [-0.25, -0.2) is 0 Å². The molecular weight excluding hydrogens is 424 g/mol. The molecule has 0 saturated carbocycles. The average Bonchev–Trinajstić information content (AvgIpc) is 3.21. The van der Waals surface area contributed by atoms with Crippen LogP contribution in [0.15, 0.2) is 48.5 Å². The number of hydrogen-bond donors (Lipinski definition) is 2. The number of rotatable bonds is 12. The number of unbranched alkanes of at least 4 members (excludes halogenated alkanes) is 2. The van der Waals surface area contributed by atoms with Crippen molar-refractivity contribution in [1.82, 2.24) is 0 Å². The van der Waals surface area contributed by atoms with Crippen LogP contribution in [0, 0.1) is 5.41 Å². The molecule has 0 saturated heterocycles. The van der Waals surface area contributed by atoms with E-state index in [2.05, 4.69) is 48.5 Å². The molecule has 0 aliphatic heterocycles. The van der Waals surface area contributed by atoms with Crippen molar-refractivity contribution in [2.75, 3.05) is 13.2 Å². The molecular formula is C29H40N2O3. The third-order valence-corrected chi connectivity index (χ3v) is 6.46. The lowest BCUT2D eigenvalue weighted by atomic mass is 9.79. The maximum atomic E-state index is 12.5. The standard InChI is InChI=1S/C29H40N2O3/c1-28(2,31)20-26(30)29(3,4)27(32)34-16-10-6-9-15-33-25-14-13-22-17-23(18-24(22)19-25)21-11-7-5-8-12-21/h5,7-8,11-14,18-19,26H,6,9-10,15-17,20,30-31H2,1-4H3. The molecule has 2 aromatic carbocycles. The van der Waals surface area contributed by atoms with Crippen molar-refractivity contribution in [3.05, 3.63) is 65.2 Å². The van der Waals surface area contributed by atoms with Crippen LogP contribution in [0.5, 0.6) is 5.75 Å². The van der Waals surface area contributed by atoms with E-state index >= 15 is 0 Å². The Morgan fingerprint density at radius 3 is 2.41 bits per heavy atom. The second kappa shape index (κ2) is 11.2. The van der Waals surface area contributed by atoms with E-state index in [9.17, 15) is 4.79 Å². The minimum atomic E-state index is -0.762. The molecule has 0 heterocycles. The number of esters is 1. The zero-order valence-electron chi connectivity index (χ0n) is 21.1. The van der Waals surface area contributed by atoms with Crippen molar-refractivity contribution in [2.45, 2.75) is 71.4 Å². The van der Waals surface area contributed by atoms with Crippen molar-refractivity contribution >= 4 is 17.6 Å². The zero-order chi connectivity index (χ0) is 24.8. The average molecular weight is 465 g/mol. The van der Waals surface area contributed by atoms with Gasteiger partial charge in [-0.3, -0.25) is 4.79 Å². The number of carbonyl (C=O) groups is 1. The first kappa shape index (κ1) is 26.0. The Balaban J connectivity index is 1.35. The summed E-state index contributed by atoms with van der Waals surface area (Å²) in [5.41, 5.74) is 16.3. The van der Waals surface area contributed by atoms with E-state index in [4.69, 9.17) is 20.9 Å². The van der Waals surface area contributed by atoms with Gasteiger partial charge in [0.25, 0.3) is 0 Å². The molecule has 5 heteroatoms. The van der Waals surface area contributed by atoms with Gasteiger partial charge in [0.1, 0.15) is 5.75 Å². The summed E-state index contributed by atoms with van der Waals surface area (Å²) >= 11 is 0. The van der Waals surface area contributed by atoms with Crippen LogP contribution in [-0.4, -0.2) is 30.8 Å². The topological polar surface area (TPSA) is 87.6 Å². The Labute approximate surface area is 204 Å². The first-order chi connectivity index (χ1) is 16.1. The summed E-state index contributed by atoms with van der Waals surface area (Å²) in [6.07, 6.45) is 6.41. The summed E-state index contributed by atoms with van der Waals surface area (Å²) < 4.78 is 11.5. The smallest absolute Gasteiger partial charge is 0.313 e. The Hall–Kier alpha value is -2.63. The molecule has 0 spiro atoms. The van der Waals surface area contributed by atoms with Crippen LogP contribution in [0.3, 0.4) is 0 Å². The summed E-state index contributed by atoms with van der Waals surface area (Å²) in [4.78, 5) is 12.5. The number of nitrogens with two attached hydrogens (primary N) is 2. The molecule has 184 valence electrons. The van der Waals surface area contributed by atoms with Crippen molar-refractivity contribution in [1.29, 1.82) is 0 Å². The molecule has 4 N–H and O–H groups in total. The summed E-state index contributed by atoms with van der Waals surface area (Å²) in [7, 11) is 0. The van der Waals surface area contributed by atoms with Crippen LogP contribution < -0.4 is 16.2 Å². The summed E-state index contributed by atoms with van der Waals surface area (Å²) in [6, 6.07) is 16.5. The van der Waals surface area contributed by atoms with Crippen LogP contribution in [0.1, 0.15) is 70.1 Å². The van der Waals surface area contributed by atoms with E-state index < -0.39 is 11.0 Å². The van der Waals surface area contributed by atoms with Crippen molar-refractivity contribution < 1.29 is 14.3 Å². The van der Waals surface area contributed by atoms with Gasteiger partial charge in [0.05, 0.1) is 18.6 Å². The molecule has 0 fully saturated rings. The molecule has 34 heavy (non-hydrogen) atoms. The minimum absolute atomic E-state index is 0.262. The van der Waals surface area contributed by atoms with Crippen LogP contribution in [0.4, 0.5) is 0 Å². The van der Waals surface area contributed by atoms with Gasteiger partial charge in [0.15, 0.2) is 0 Å². The summed E-state index contributed by atoms with van der Waals surface area (Å²) in [5, 5.41) is 0. The molecule has 1 atom stereocenters. The molecule has 0 aromatic heterocycles. The number of benzene rings is 2.